The molecule has 6 heteroatoms. The number of phenolic OH excluding ortho intramolecular Hbond substituents is 1. The molecule has 0 fully saturated rings. The van der Waals surface area contributed by atoms with E-state index in [0.29, 0.717) is 5.56 Å². The highest BCUT2D eigenvalue weighted by molar-refractivity contribution is 9.10. The third-order valence-corrected chi connectivity index (χ3v) is 4.47. The van der Waals surface area contributed by atoms with Crippen molar-refractivity contribution in [2.75, 3.05) is 5.32 Å². The second-order valence-electron chi connectivity index (χ2n) is 5.83. The lowest BCUT2D eigenvalue weighted by atomic mass is 10.0. The quantitative estimate of drug-likeness (QED) is 0.433. The Bertz CT molecular complexity index is 955. The molecule has 0 aliphatic rings. The monoisotopic (exact) mass is 411 g/mol. The van der Waals surface area contributed by atoms with Crippen LogP contribution in [-0.4, -0.2) is 23.3 Å². The number of hydrogen-bond donors (Lipinski definition) is 3. The molecule has 0 bridgehead atoms. The molecule has 132 valence electrons. The van der Waals surface area contributed by atoms with Gasteiger partial charge in [0.25, 0.3) is 5.91 Å². The van der Waals surface area contributed by atoms with Gasteiger partial charge >= 0.3 is 0 Å². The van der Waals surface area contributed by atoms with Gasteiger partial charge in [0.2, 0.25) is 0 Å². The van der Waals surface area contributed by atoms with E-state index in [1.807, 2.05) is 54.6 Å². The normalized spacial score (nSPS) is 12.2. The molecule has 0 aliphatic carbocycles. The van der Waals surface area contributed by atoms with Crippen molar-refractivity contribution in [2.24, 2.45) is 5.10 Å². The highest BCUT2D eigenvalue weighted by atomic mass is 79.9. The first-order chi connectivity index (χ1) is 12.5. The molecule has 3 rings (SSSR count). The van der Waals surface area contributed by atoms with Crippen LogP contribution in [0.25, 0.3) is 10.8 Å². The van der Waals surface area contributed by atoms with Crippen molar-refractivity contribution >= 4 is 44.5 Å². The van der Waals surface area contributed by atoms with Crippen LogP contribution in [0.2, 0.25) is 0 Å². The summed E-state index contributed by atoms with van der Waals surface area (Å²) in [5.74, 6) is -0.161. The first kappa shape index (κ1) is 17.9. The van der Waals surface area contributed by atoms with Gasteiger partial charge in [0, 0.05) is 15.7 Å². The molecule has 3 N–H and O–H groups in total. The van der Waals surface area contributed by atoms with Gasteiger partial charge in [-0.3, -0.25) is 4.79 Å². The highest BCUT2D eigenvalue weighted by Crippen LogP contribution is 2.25. The summed E-state index contributed by atoms with van der Waals surface area (Å²) in [4.78, 5) is 12.2. The van der Waals surface area contributed by atoms with Crippen molar-refractivity contribution in [3.63, 3.8) is 0 Å². The van der Waals surface area contributed by atoms with E-state index in [1.165, 1.54) is 6.21 Å². The molecule has 5 nitrogen and oxygen atoms in total. The van der Waals surface area contributed by atoms with E-state index in [-0.39, 0.29) is 11.7 Å². The fourth-order valence-corrected chi connectivity index (χ4v) is 2.80. The molecular formula is C20H18BrN3O2. The minimum Gasteiger partial charge on any atom is -0.507 e. The lowest BCUT2D eigenvalue weighted by molar-refractivity contribution is -0.121. The number of nitrogens with zero attached hydrogens (tertiary/aromatic N) is 1. The number of carbonyl (C=O) groups excluding carboxylic acids is 1. The predicted octanol–water partition coefficient (Wildman–Crippen LogP) is 4.26. The maximum atomic E-state index is 12.2. The Morgan fingerprint density at radius 2 is 1.85 bits per heavy atom. The lowest BCUT2D eigenvalue weighted by Gasteiger charge is -2.13. The minimum atomic E-state index is -0.463. The van der Waals surface area contributed by atoms with Gasteiger partial charge in [-0.05, 0) is 48.0 Å². The Morgan fingerprint density at radius 3 is 2.62 bits per heavy atom. The van der Waals surface area contributed by atoms with Gasteiger partial charge in [-0.15, -0.1) is 0 Å². The standard InChI is InChI=1S/C20H18BrN3O2/c1-13(23-16-9-7-15(21)8-10-16)20(26)24-22-12-18-17-5-3-2-4-14(17)6-11-19(18)25/h2-13,23,25H,1H3,(H,24,26)/b22-12-/t13-/m0/s1. The van der Waals surface area contributed by atoms with Gasteiger partial charge in [-0.25, -0.2) is 5.43 Å². The molecule has 0 spiro atoms. The number of phenols is 1. The fraction of sp³-hybridized carbons (Fsp3) is 0.100. The van der Waals surface area contributed by atoms with Gasteiger partial charge in [0.05, 0.1) is 6.21 Å². The zero-order valence-electron chi connectivity index (χ0n) is 14.1. The summed E-state index contributed by atoms with van der Waals surface area (Å²) < 4.78 is 0.972. The molecule has 0 saturated heterocycles. The molecular weight excluding hydrogens is 394 g/mol. The molecule has 26 heavy (non-hydrogen) atoms. The summed E-state index contributed by atoms with van der Waals surface area (Å²) in [5.41, 5.74) is 3.91. The van der Waals surface area contributed by atoms with E-state index in [4.69, 9.17) is 0 Å². The molecule has 0 unspecified atom stereocenters. The van der Waals surface area contributed by atoms with Crippen LogP contribution in [0.5, 0.6) is 5.75 Å². The molecule has 1 amide bonds. The molecule has 0 saturated carbocycles. The maximum Gasteiger partial charge on any atom is 0.262 e. The number of fused-ring (bicyclic) bond motifs is 1. The van der Waals surface area contributed by atoms with Crippen LogP contribution in [0.15, 0.2) is 70.2 Å². The zero-order chi connectivity index (χ0) is 18.5. The average molecular weight is 412 g/mol. The molecule has 0 heterocycles. The number of benzene rings is 3. The van der Waals surface area contributed by atoms with E-state index in [9.17, 15) is 9.90 Å². The number of hydrogen-bond acceptors (Lipinski definition) is 4. The highest BCUT2D eigenvalue weighted by Gasteiger charge is 2.12. The SMILES string of the molecule is C[C@H](Nc1ccc(Br)cc1)C(=O)N/N=C\c1c(O)ccc2ccccc12. The number of halogens is 1. The van der Waals surface area contributed by atoms with Crippen LogP contribution in [0.4, 0.5) is 5.69 Å². The first-order valence-electron chi connectivity index (χ1n) is 8.10. The van der Waals surface area contributed by atoms with Crippen molar-refractivity contribution in [3.05, 3.63) is 70.7 Å². The second-order valence-corrected chi connectivity index (χ2v) is 6.74. The Balaban J connectivity index is 1.67. The number of hydrazone groups is 1. The van der Waals surface area contributed by atoms with Gasteiger partial charge in [-0.2, -0.15) is 5.10 Å². The number of anilines is 1. The van der Waals surface area contributed by atoms with Crippen LogP contribution in [0.3, 0.4) is 0 Å². The Hall–Kier alpha value is -2.86. The third-order valence-electron chi connectivity index (χ3n) is 3.94. The topological polar surface area (TPSA) is 73.7 Å². The van der Waals surface area contributed by atoms with Crippen molar-refractivity contribution in [1.29, 1.82) is 0 Å². The predicted molar refractivity (Wildman–Crippen MR) is 109 cm³/mol. The summed E-state index contributed by atoms with van der Waals surface area (Å²) in [6, 6.07) is 18.2. The smallest absolute Gasteiger partial charge is 0.262 e. The molecule has 0 aliphatic heterocycles. The summed E-state index contributed by atoms with van der Waals surface area (Å²) in [5, 5.41) is 19.0. The lowest BCUT2D eigenvalue weighted by Crippen LogP contribution is -2.34. The van der Waals surface area contributed by atoms with Crippen LogP contribution in [0, 0.1) is 0 Å². The van der Waals surface area contributed by atoms with Crippen molar-refractivity contribution in [1.82, 2.24) is 5.43 Å². The zero-order valence-corrected chi connectivity index (χ0v) is 15.7. The maximum absolute atomic E-state index is 12.2. The van der Waals surface area contributed by atoms with E-state index < -0.39 is 6.04 Å². The van der Waals surface area contributed by atoms with E-state index in [0.717, 1.165) is 20.9 Å². The minimum absolute atomic E-state index is 0.114. The van der Waals surface area contributed by atoms with Crippen molar-refractivity contribution in [3.8, 4) is 5.75 Å². The number of amides is 1. The Kier molecular flexibility index (Phi) is 5.53. The number of carbonyl (C=O) groups is 1. The first-order valence-corrected chi connectivity index (χ1v) is 8.89. The van der Waals surface area contributed by atoms with E-state index in [2.05, 4.69) is 31.8 Å². The van der Waals surface area contributed by atoms with Crippen LogP contribution >= 0.6 is 15.9 Å². The van der Waals surface area contributed by atoms with Crippen LogP contribution in [0.1, 0.15) is 12.5 Å². The van der Waals surface area contributed by atoms with Gasteiger partial charge in [0.15, 0.2) is 0 Å². The molecule has 1 atom stereocenters. The third kappa shape index (κ3) is 4.21. The summed E-state index contributed by atoms with van der Waals surface area (Å²) in [6.07, 6.45) is 1.46. The number of aromatic hydroxyl groups is 1. The van der Waals surface area contributed by atoms with E-state index >= 15 is 0 Å². The van der Waals surface area contributed by atoms with Crippen molar-refractivity contribution in [2.45, 2.75) is 13.0 Å². The summed E-state index contributed by atoms with van der Waals surface area (Å²) in [6.45, 7) is 1.75. The largest absolute Gasteiger partial charge is 0.507 e. The molecule has 3 aromatic rings. The number of rotatable bonds is 5. The molecule has 0 radical (unpaired) electrons. The Labute approximate surface area is 159 Å². The average Bonchev–Trinajstić information content (AvgIpc) is 2.65. The van der Waals surface area contributed by atoms with Gasteiger partial charge in [-0.1, -0.05) is 46.3 Å². The van der Waals surface area contributed by atoms with Gasteiger partial charge < -0.3 is 10.4 Å². The fourth-order valence-electron chi connectivity index (χ4n) is 2.54. The van der Waals surface area contributed by atoms with Crippen molar-refractivity contribution < 1.29 is 9.90 Å². The number of nitrogens with one attached hydrogen (secondary N) is 2. The van der Waals surface area contributed by atoms with Gasteiger partial charge in [0.1, 0.15) is 11.8 Å². The van der Waals surface area contributed by atoms with E-state index in [1.54, 1.807) is 13.0 Å². The van der Waals surface area contributed by atoms with Crippen LogP contribution < -0.4 is 10.7 Å². The summed E-state index contributed by atoms with van der Waals surface area (Å²) >= 11 is 3.37. The second kappa shape index (κ2) is 8.01. The van der Waals surface area contributed by atoms with Crippen LogP contribution in [-0.2, 0) is 4.79 Å². The molecule has 0 aromatic heterocycles. The molecule has 3 aromatic carbocycles. The Morgan fingerprint density at radius 1 is 1.12 bits per heavy atom. The summed E-state index contributed by atoms with van der Waals surface area (Å²) in [7, 11) is 0.